The number of hydrogen-bond acceptors (Lipinski definition) is 9. The van der Waals surface area contributed by atoms with Crippen molar-refractivity contribution in [2.75, 3.05) is 20.7 Å². The molecule has 0 fully saturated rings. The molecular formula is C25H35ClN4O5. The molecule has 1 unspecified atom stereocenters. The van der Waals surface area contributed by atoms with Gasteiger partial charge in [0.15, 0.2) is 5.75 Å². The van der Waals surface area contributed by atoms with E-state index in [1.54, 1.807) is 32.2 Å². The standard InChI is InChI=1S/C25H35ClN4O5/c1-16(12-13-34-29(7)30(32)28(6)25(3,4)5)24(31)35-22-17(2)27-14-20-21(22)15-33-23(20)18-8-10-19(26)11-9-18/h8-11,14,16,23,32H,12-13,15H2,1-7H3/t16?,23-/m0/s1. The highest BCUT2D eigenvalue weighted by molar-refractivity contribution is 6.30. The maximum absolute atomic E-state index is 12.9. The first-order valence-electron chi connectivity index (χ1n) is 11.6. The van der Waals surface area contributed by atoms with Gasteiger partial charge in [-0.15, -0.1) is 0 Å². The molecule has 0 amide bonds. The Kier molecular flexibility index (Phi) is 8.87. The number of aromatic nitrogens is 1. The monoisotopic (exact) mass is 506 g/mol. The van der Waals surface area contributed by atoms with Gasteiger partial charge in [-0.3, -0.25) is 19.8 Å². The van der Waals surface area contributed by atoms with Crippen LogP contribution in [0.15, 0.2) is 30.5 Å². The molecule has 2 heterocycles. The molecule has 0 bridgehead atoms. The van der Waals surface area contributed by atoms with Crippen LogP contribution in [-0.4, -0.2) is 57.9 Å². The van der Waals surface area contributed by atoms with Crippen molar-refractivity contribution in [1.82, 2.24) is 20.4 Å². The molecule has 0 saturated heterocycles. The first kappa shape index (κ1) is 27.5. The molecule has 0 spiro atoms. The second-order valence-electron chi connectivity index (χ2n) is 9.72. The SMILES string of the molecule is Cc1ncc2c(c1OC(=O)C(C)CCON(C)N(O)N(C)C(C)(C)C)CO[C@H]2c1ccc(Cl)cc1. The van der Waals surface area contributed by atoms with E-state index in [-0.39, 0.29) is 24.2 Å². The number of carbonyl (C=O) groups is 1. The predicted octanol–water partition coefficient (Wildman–Crippen LogP) is 4.71. The second-order valence-corrected chi connectivity index (χ2v) is 10.2. The van der Waals surface area contributed by atoms with Crippen LogP contribution >= 0.6 is 11.6 Å². The third-order valence-electron chi connectivity index (χ3n) is 6.12. The number of nitrogens with zero attached hydrogens (tertiary/aromatic N) is 4. The van der Waals surface area contributed by atoms with Crippen molar-refractivity contribution in [3.63, 3.8) is 0 Å². The summed E-state index contributed by atoms with van der Waals surface area (Å²) in [4.78, 5) is 22.9. The van der Waals surface area contributed by atoms with Crippen LogP contribution < -0.4 is 4.74 Å². The Balaban J connectivity index is 1.60. The van der Waals surface area contributed by atoms with Crippen molar-refractivity contribution in [1.29, 1.82) is 0 Å². The van der Waals surface area contributed by atoms with E-state index < -0.39 is 5.92 Å². The number of benzene rings is 1. The van der Waals surface area contributed by atoms with Gasteiger partial charge in [0.2, 0.25) is 0 Å². The Morgan fingerprint density at radius 2 is 1.94 bits per heavy atom. The summed E-state index contributed by atoms with van der Waals surface area (Å²) in [5.41, 5.74) is 2.99. The van der Waals surface area contributed by atoms with Crippen molar-refractivity contribution in [3.8, 4) is 5.75 Å². The van der Waals surface area contributed by atoms with E-state index in [9.17, 15) is 10.0 Å². The number of hydroxylamine groups is 1. The van der Waals surface area contributed by atoms with Gasteiger partial charge in [0, 0.05) is 42.0 Å². The molecule has 3 rings (SSSR count). The average Bonchev–Trinajstić information content (AvgIpc) is 3.23. The first-order valence-corrected chi connectivity index (χ1v) is 11.9. The smallest absolute Gasteiger partial charge is 0.314 e. The zero-order valence-corrected chi connectivity index (χ0v) is 22.2. The number of esters is 1. The number of fused-ring (bicyclic) bond motifs is 1. The lowest BCUT2D eigenvalue weighted by Crippen LogP contribution is -2.55. The van der Waals surface area contributed by atoms with E-state index in [2.05, 4.69) is 4.98 Å². The molecule has 2 atom stereocenters. The zero-order valence-electron chi connectivity index (χ0n) is 21.4. The molecule has 0 aliphatic carbocycles. The fourth-order valence-corrected chi connectivity index (χ4v) is 3.65. The summed E-state index contributed by atoms with van der Waals surface area (Å²) in [7, 11) is 3.33. The fourth-order valence-electron chi connectivity index (χ4n) is 3.52. The summed E-state index contributed by atoms with van der Waals surface area (Å²) in [5, 5.41) is 14.7. The van der Waals surface area contributed by atoms with Gasteiger partial charge in [-0.05, 0) is 57.1 Å². The Morgan fingerprint density at radius 1 is 1.29 bits per heavy atom. The molecule has 10 heteroatoms. The molecule has 1 aromatic heterocycles. The Labute approximate surface area is 212 Å². The lowest BCUT2D eigenvalue weighted by atomic mass is 10.00. The van der Waals surface area contributed by atoms with Crippen LogP contribution in [0.1, 0.15) is 62.6 Å². The number of rotatable bonds is 9. The van der Waals surface area contributed by atoms with Crippen molar-refractivity contribution in [2.24, 2.45) is 5.92 Å². The minimum absolute atomic E-state index is 0.216. The molecular weight excluding hydrogens is 472 g/mol. The van der Waals surface area contributed by atoms with Crippen LogP contribution in [0, 0.1) is 12.8 Å². The number of hydrogen-bond donors (Lipinski definition) is 1. The molecule has 35 heavy (non-hydrogen) atoms. The number of ether oxygens (including phenoxy) is 2. The number of halogens is 1. The van der Waals surface area contributed by atoms with Gasteiger partial charge in [-0.25, -0.2) is 0 Å². The molecule has 2 aromatic rings. The lowest BCUT2D eigenvalue weighted by Gasteiger charge is -2.39. The summed E-state index contributed by atoms with van der Waals surface area (Å²) in [5.74, 6) is -0.361. The maximum Gasteiger partial charge on any atom is 0.314 e. The highest BCUT2D eigenvalue weighted by Gasteiger charge is 2.31. The number of carbonyl (C=O) groups excluding carboxylic acids is 1. The molecule has 1 aliphatic heterocycles. The van der Waals surface area contributed by atoms with Gasteiger partial charge < -0.3 is 9.47 Å². The topological polar surface area (TPSA) is 87.6 Å². The third kappa shape index (κ3) is 6.56. The number of pyridine rings is 1. The molecule has 192 valence electrons. The third-order valence-corrected chi connectivity index (χ3v) is 6.38. The highest BCUT2D eigenvalue weighted by Crippen LogP contribution is 2.41. The van der Waals surface area contributed by atoms with Gasteiger partial charge in [0.1, 0.15) is 6.10 Å². The molecule has 1 aliphatic rings. The van der Waals surface area contributed by atoms with E-state index in [0.29, 0.717) is 29.5 Å². The minimum atomic E-state index is -0.430. The quantitative estimate of drug-likeness (QED) is 0.383. The van der Waals surface area contributed by atoms with Gasteiger partial charge >= 0.3 is 5.97 Å². The zero-order chi connectivity index (χ0) is 25.9. The average molecular weight is 507 g/mol. The summed E-state index contributed by atoms with van der Waals surface area (Å²) in [6.07, 6.45) is 1.89. The molecule has 9 nitrogen and oxygen atoms in total. The van der Waals surface area contributed by atoms with Crippen molar-refractivity contribution in [3.05, 3.63) is 57.9 Å². The van der Waals surface area contributed by atoms with Crippen LogP contribution in [0.2, 0.25) is 5.02 Å². The lowest BCUT2D eigenvalue weighted by molar-refractivity contribution is -0.460. The summed E-state index contributed by atoms with van der Waals surface area (Å²) in [6, 6.07) is 7.47. The highest BCUT2D eigenvalue weighted by atomic mass is 35.5. The first-order chi connectivity index (χ1) is 16.4. The van der Waals surface area contributed by atoms with Crippen LogP contribution in [0.25, 0.3) is 0 Å². The molecule has 0 radical (unpaired) electrons. The Morgan fingerprint density at radius 3 is 2.57 bits per heavy atom. The van der Waals surface area contributed by atoms with E-state index in [1.165, 1.54) is 5.17 Å². The summed E-state index contributed by atoms with van der Waals surface area (Å²) in [6.45, 7) is 10.0. The van der Waals surface area contributed by atoms with Crippen molar-refractivity contribution in [2.45, 2.75) is 59.3 Å². The maximum atomic E-state index is 12.9. The van der Waals surface area contributed by atoms with Crippen LogP contribution in [-0.2, 0) is 21.0 Å². The van der Waals surface area contributed by atoms with Gasteiger partial charge in [0.05, 0.1) is 24.8 Å². The summed E-state index contributed by atoms with van der Waals surface area (Å²) >= 11 is 6.01. The van der Waals surface area contributed by atoms with Gasteiger partial charge in [0.25, 0.3) is 0 Å². The predicted molar refractivity (Wildman–Crippen MR) is 131 cm³/mol. The molecule has 0 saturated carbocycles. The fraction of sp³-hybridized carbons (Fsp3) is 0.520. The van der Waals surface area contributed by atoms with E-state index in [0.717, 1.165) is 22.0 Å². The Bertz CT molecular complexity index is 1030. The molecule has 1 aromatic carbocycles. The van der Waals surface area contributed by atoms with Crippen LogP contribution in [0.4, 0.5) is 0 Å². The molecule has 1 N–H and O–H groups in total. The minimum Gasteiger partial charge on any atom is -0.424 e. The van der Waals surface area contributed by atoms with Crippen molar-refractivity contribution >= 4 is 17.6 Å². The van der Waals surface area contributed by atoms with E-state index in [1.807, 2.05) is 52.0 Å². The van der Waals surface area contributed by atoms with Crippen LogP contribution in [0.5, 0.6) is 5.75 Å². The summed E-state index contributed by atoms with van der Waals surface area (Å²) < 4.78 is 11.8. The van der Waals surface area contributed by atoms with Crippen molar-refractivity contribution < 1.29 is 24.3 Å². The van der Waals surface area contributed by atoms with E-state index in [4.69, 9.17) is 25.9 Å². The second kappa shape index (κ2) is 11.3. The van der Waals surface area contributed by atoms with Crippen LogP contribution in [0.3, 0.4) is 0 Å². The largest absolute Gasteiger partial charge is 0.424 e. The van der Waals surface area contributed by atoms with Gasteiger partial charge in [-0.2, -0.15) is 5.01 Å². The normalized spacial score (nSPS) is 16.7. The Hall–Kier alpha value is -2.11. The number of aryl methyl sites for hydroxylation is 1. The number of hydrazine groups is 2. The van der Waals surface area contributed by atoms with Gasteiger partial charge in [-0.1, -0.05) is 35.8 Å². The van der Waals surface area contributed by atoms with E-state index >= 15 is 0 Å².